The number of halogens is 3. The molecule has 0 aromatic heterocycles. The van der Waals surface area contributed by atoms with Gasteiger partial charge in [-0.05, 0) is 47.0 Å². The predicted molar refractivity (Wildman–Crippen MR) is 78.8 cm³/mol. The molecule has 2 aromatic rings. The quantitative estimate of drug-likeness (QED) is 0.866. The van der Waals surface area contributed by atoms with Crippen LogP contribution < -0.4 is 0 Å². The minimum Gasteiger partial charge on any atom is -0.467 e. The Balaban J connectivity index is 2.61. The summed E-state index contributed by atoms with van der Waals surface area (Å²) >= 11 is 11.9. The first-order chi connectivity index (χ1) is 9.92. The number of aliphatic hydroxyl groups excluding tert-OH is 1. The van der Waals surface area contributed by atoms with E-state index in [-0.39, 0.29) is 5.56 Å². The van der Waals surface area contributed by atoms with Crippen LogP contribution in [0.2, 0.25) is 10.0 Å². The molecule has 2 rings (SSSR count). The number of hydrogen-bond acceptors (Lipinski definition) is 3. The molecule has 0 fully saturated rings. The highest BCUT2D eigenvalue weighted by Gasteiger charge is 2.22. The number of ether oxygens (including phenoxy) is 1. The van der Waals surface area contributed by atoms with Crippen molar-refractivity contribution in [3.63, 3.8) is 0 Å². The molecule has 6 heteroatoms. The first-order valence-corrected chi connectivity index (χ1v) is 6.70. The van der Waals surface area contributed by atoms with Crippen molar-refractivity contribution >= 4 is 29.2 Å². The number of benzene rings is 2. The van der Waals surface area contributed by atoms with Crippen LogP contribution in [0.25, 0.3) is 11.1 Å². The highest BCUT2D eigenvalue weighted by atomic mass is 35.5. The maximum absolute atomic E-state index is 13.5. The van der Waals surface area contributed by atoms with Crippen molar-refractivity contribution in [2.75, 3.05) is 7.11 Å². The van der Waals surface area contributed by atoms with Crippen LogP contribution in [-0.4, -0.2) is 18.2 Å². The molecule has 3 nitrogen and oxygen atoms in total. The van der Waals surface area contributed by atoms with E-state index in [0.717, 1.165) is 13.2 Å². The Morgan fingerprint density at radius 2 is 1.81 bits per heavy atom. The third-order valence-corrected chi connectivity index (χ3v) is 3.34. The summed E-state index contributed by atoms with van der Waals surface area (Å²) in [6, 6.07) is 8.33. The van der Waals surface area contributed by atoms with Crippen molar-refractivity contribution in [3.8, 4) is 11.1 Å². The predicted octanol–water partition coefficient (Wildman–Crippen LogP) is 4.01. The fourth-order valence-corrected chi connectivity index (χ4v) is 2.49. The van der Waals surface area contributed by atoms with Crippen LogP contribution in [0.5, 0.6) is 0 Å². The summed E-state index contributed by atoms with van der Waals surface area (Å²) in [5, 5.41) is 10.7. The van der Waals surface area contributed by atoms with Crippen LogP contribution in [0.15, 0.2) is 36.4 Å². The molecule has 0 amide bonds. The molecule has 0 saturated carbocycles. The maximum Gasteiger partial charge on any atom is 0.339 e. The number of hydrogen-bond donors (Lipinski definition) is 1. The van der Waals surface area contributed by atoms with Crippen LogP contribution in [-0.2, 0) is 9.53 Å². The van der Waals surface area contributed by atoms with Crippen molar-refractivity contribution in [1.82, 2.24) is 0 Å². The summed E-state index contributed by atoms with van der Waals surface area (Å²) in [5.41, 5.74) is 1.02. The van der Waals surface area contributed by atoms with E-state index in [4.69, 9.17) is 23.2 Å². The third kappa shape index (κ3) is 3.53. The summed E-state index contributed by atoms with van der Waals surface area (Å²) in [6.45, 7) is 0. The number of methoxy groups -OCH3 is 1. The molecule has 2 aromatic carbocycles. The van der Waals surface area contributed by atoms with Gasteiger partial charge in [-0.2, -0.15) is 0 Å². The Labute approximate surface area is 130 Å². The lowest BCUT2D eigenvalue weighted by Gasteiger charge is -2.14. The van der Waals surface area contributed by atoms with Gasteiger partial charge in [-0.1, -0.05) is 29.3 Å². The zero-order chi connectivity index (χ0) is 15.6. The molecule has 0 aliphatic carbocycles. The SMILES string of the molecule is COC(=O)C(O)c1ccc(F)cc1-c1cc(Cl)cc(Cl)c1. The summed E-state index contributed by atoms with van der Waals surface area (Å²) in [5.74, 6) is -1.35. The molecule has 1 atom stereocenters. The molecule has 0 spiro atoms. The molecule has 0 radical (unpaired) electrons. The highest BCUT2D eigenvalue weighted by Crippen LogP contribution is 2.33. The van der Waals surface area contributed by atoms with Crippen molar-refractivity contribution < 1.29 is 19.0 Å². The lowest BCUT2D eigenvalue weighted by molar-refractivity contribution is -0.150. The van der Waals surface area contributed by atoms with Crippen LogP contribution >= 0.6 is 23.2 Å². The maximum atomic E-state index is 13.5. The van der Waals surface area contributed by atoms with Gasteiger partial charge in [0.15, 0.2) is 6.10 Å². The van der Waals surface area contributed by atoms with Gasteiger partial charge >= 0.3 is 5.97 Å². The van der Waals surface area contributed by atoms with Gasteiger partial charge in [0.05, 0.1) is 7.11 Å². The average Bonchev–Trinajstić information content (AvgIpc) is 2.44. The average molecular weight is 329 g/mol. The van der Waals surface area contributed by atoms with Crippen LogP contribution in [0.1, 0.15) is 11.7 Å². The second kappa shape index (κ2) is 6.43. The highest BCUT2D eigenvalue weighted by molar-refractivity contribution is 6.35. The van der Waals surface area contributed by atoms with Gasteiger partial charge in [0.25, 0.3) is 0 Å². The van der Waals surface area contributed by atoms with Gasteiger partial charge in [-0.25, -0.2) is 9.18 Å². The molecule has 0 aliphatic heterocycles. The second-order valence-electron chi connectivity index (χ2n) is 4.32. The Bertz CT molecular complexity index is 668. The van der Waals surface area contributed by atoms with Crippen LogP contribution in [0.4, 0.5) is 4.39 Å². The molecule has 21 heavy (non-hydrogen) atoms. The zero-order valence-corrected chi connectivity index (χ0v) is 12.5. The lowest BCUT2D eigenvalue weighted by atomic mass is 9.96. The number of rotatable bonds is 3. The Morgan fingerprint density at radius 1 is 1.19 bits per heavy atom. The monoisotopic (exact) mass is 328 g/mol. The van der Waals surface area contributed by atoms with E-state index in [1.165, 1.54) is 18.2 Å². The molecule has 1 N–H and O–H groups in total. The van der Waals surface area contributed by atoms with E-state index in [1.54, 1.807) is 12.1 Å². The van der Waals surface area contributed by atoms with Gasteiger partial charge in [-0.3, -0.25) is 0 Å². The summed E-state index contributed by atoms with van der Waals surface area (Å²) in [6.07, 6.45) is -1.52. The van der Waals surface area contributed by atoms with Gasteiger partial charge in [0.1, 0.15) is 5.82 Å². The van der Waals surface area contributed by atoms with E-state index in [0.29, 0.717) is 21.2 Å². The fraction of sp³-hybridized carbons (Fsp3) is 0.133. The van der Waals surface area contributed by atoms with Gasteiger partial charge < -0.3 is 9.84 Å². The number of esters is 1. The third-order valence-electron chi connectivity index (χ3n) is 2.91. The smallest absolute Gasteiger partial charge is 0.339 e. The number of carbonyl (C=O) groups excluding carboxylic acids is 1. The fourth-order valence-electron chi connectivity index (χ4n) is 1.96. The second-order valence-corrected chi connectivity index (χ2v) is 5.19. The Hall–Kier alpha value is -1.62. The molecule has 0 heterocycles. The van der Waals surface area contributed by atoms with Gasteiger partial charge in [-0.15, -0.1) is 0 Å². The van der Waals surface area contributed by atoms with Crippen molar-refractivity contribution in [3.05, 3.63) is 57.8 Å². The standard InChI is InChI=1S/C15H11Cl2FO3/c1-21-15(20)14(19)12-3-2-11(18)7-13(12)8-4-9(16)6-10(17)5-8/h2-7,14,19H,1H3. The zero-order valence-electron chi connectivity index (χ0n) is 10.9. The minimum atomic E-state index is -1.52. The number of carbonyl (C=O) groups is 1. The van der Waals surface area contributed by atoms with Crippen molar-refractivity contribution in [1.29, 1.82) is 0 Å². The van der Waals surface area contributed by atoms with Gasteiger partial charge in [0.2, 0.25) is 0 Å². The van der Waals surface area contributed by atoms with Crippen molar-refractivity contribution in [2.45, 2.75) is 6.10 Å². The first-order valence-electron chi connectivity index (χ1n) is 5.94. The summed E-state index contributed by atoms with van der Waals surface area (Å²) < 4.78 is 18.0. The normalized spacial score (nSPS) is 12.0. The van der Waals surface area contributed by atoms with E-state index >= 15 is 0 Å². The Morgan fingerprint density at radius 3 is 2.38 bits per heavy atom. The molecular weight excluding hydrogens is 318 g/mol. The largest absolute Gasteiger partial charge is 0.467 e. The van der Waals surface area contributed by atoms with Crippen molar-refractivity contribution in [2.24, 2.45) is 0 Å². The lowest BCUT2D eigenvalue weighted by Crippen LogP contribution is -2.14. The van der Waals surface area contributed by atoms with E-state index in [1.807, 2.05) is 0 Å². The Kier molecular flexibility index (Phi) is 4.83. The number of aliphatic hydroxyl groups is 1. The topological polar surface area (TPSA) is 46.5 Å². The minimum absolute atomic E-state index is 0.210. The van der Waals surface area contributed by atoms with Gasteiger partial charge in [0, 0.05) is 10.0 Å². The molecule has 0 saturated heterocycles. The summed E-state index contributed by atoms with van der Waals surface area (Å²) in [7, 11) is 1.16. The van der Waals surface area contributed by atoms with Crippen LogP contribution in [0, 0.1) is 5.82 Å². The van der Waals surface area contributed by atoms with Crippen LogP contribution in [0.3, 0.4) is 0 Å². The van der Waals surface area contributed by atoms with E-state index in [2.05, 4.69) is 4.74 Å². The first kappa shape index (κ1) is 15.8. The summed E-state index contributed by atoms with van der Waals surface area (Å²) in [4.78, 5) is 11.5. The molecule has 0 aliphatic rings. The molecular formula is C15H11Cl2FO3. The molecule has 0 bridgehead atoms. The molecule has 1 unspecified atom stereocenters. The van der Waals surface area contributed by atoms with E-state index < -0.39 is 17.9 Å². The van der Waals surface area contributed by atoms with E-state index in [9.17, 15) is 14.3 Å². The molecule has 110 valence electrons.